The van der Waals surface area contributed by atoms with E-state index in [2.05, 4.69) is 9.97 Å². The third kappa shape index (κ3) is 1.83. The zero-order chi connectivity index (χ0) is 11.0. The predicted molar refractivity (Wildman–Crippen MR) is 64.8 cm³/mol. The Morgan fingerprint density at radius 3 is 2.73 bits per heavy atom. The number of hydrogen-bond acceptors (Lipinski definition) is 3. The van der Waals surface area contributed by atoms with Crippen LogP contribution in [0.3, 0.4) is 0 Å². The quantitative estimate of drug-likeness (QED) is 0.821. The van der Waals surface area contributed by atoms with Crippen LogP contribution in [0.1, 0.15) is 11.5 Å². The number of aromatic nitrogens is 2. The molecule has 0 saturated heterocycles. The molecule has 0 aliphatic rings. The van der Waals surface area contributed by atoms with Gasteiger partial charge in [0.2, 0.25) is 0 Å². The van der Waals surface area contributed by atoms with Crippen LogP contribution < -0.4 is 5.56 Å². The Bertz CT molecular complexity index is 557. The van der Waals surface area contributed by atoms with E-state index in [-0.39, 0.29) is 5.56 Å². The number of aromatic amines is 1. The van der Waals surface area contributed by atoms with Crippen molar-refractivity contribution in [1.29, 1.82) is 0 Å². The van der Waals surface area contributed by atoms with Crippen molar-refractivity contribution >= 4 is 22.6 Å². The molecule has 0 amide bonds. The molecular formula is C10H9IN2O2. The van der Waals surface area contributed by atoms with Crippen molar-refractivity contribution in [3.05, 3.63) is 37.7 Å². The predicted octanol–water partition coefficient (Wildman–Crippen LogP) is 2.25. The molecule has 1 N–H and O–H groups in total. The van der Waals surface area contributed by atoms with Crippen LogP contribution in [-0.4, -0.2) is 9.97 Å². The summed E-state index contributed by atoms with van der Waals surface area (Å²) in [7, 11) is 0. The van der Waals surface area contributed by atoms with E-state index < -0.39 is 0 Å². The van der Waals surface area contributed by atoms with Crippen molar-refractivity contribution in [2.75, 3.05) is 0 Å². The van der Waals surface area contributed by atoms with E-state index in [0.29, 0.717) is 9.39 Å². The Morgan fingerprint density at radius 2 is 2.20 bits per heavy atom. The second-order valence-electron chi connectivity index (χ2n) is 3.20. The SMILES string of the molecule is Cc1nc(-c2ccoc2C)[nH]c(=O)c1I. The highest BCUT2D eigenvalue weighted by atomic mass is 127. The molecule has 0 radical (unpaired) electrons. The molecule has 0 unspecified atom stereocenters. The molecule has 2 aromatic heterocycles. The maximum Gasteiger partial charge on any atom is 0.264 e. The summed E-state index contributed by atoms with van der Waals surface area (Å²) in [6.07, 6.45) is 1.58. The maximum atomic E-state index is 11.5. The van der Waals surface area contributed by atoms with Gasteiger partial charge in [0, 0.05) is 0 Å². The van der Waals surface area contributed by atoms with Gasteiger partial charge in [-0.25, -0.2) is 4.98 Å². The molecule has 0 aromatic carbocycles. The number of hydrogen-bond donors (Lipinski definition) is 1. The molecule has 0 spiro atoms. The summed E-state index contributed by atoms with van der Waals surface area (Å²) in [6.45, 7) is 3.65. The van der Waals surface area contributed by atoms with Gasteiger partial charge in [-0.15, -0.1) is 0 Å². The smallest absolute Gasteiger partial charge is 0.264 e. The van der Waals surface area contributed by atoms with Gasteiger partial charge in [-0.1, -0.05) is 0 Å². The molecule has 5 heteroatoms. The van der Waals surface area contributed by atoms with Crippen LogP contribution in [0.5, 0.6) is 0 Å². The second kappa shape index (κ2) is 3.80. The van der Waals surface area contributed by atoms with Gasteiger partial charge in [0.05, 0.1) is 21.1 Å². The molecule has 0 atom stereocenters. The number of nitrogens with zero attached hydrogens (tertiary/aromatic N) is 1. The van der Waals surface area contributed by atoms with Crippen molar-refractivity contribution in [3.63, 3.8) is 0 Å². The lowest BCUT2D eigenvalue weighted by Crippen LogP contribution is -2.14. The first-order chi connectivity index (χ1) is 7.09. The van der Waals surface area contributed by atoms with Gasteiger partial charge in [0.1, 0.15) is 11.6 Å². The van der Waals surface area contributed by atoms with Crippen LogP contribution in [0.4, 0.5) is 0 Å². The normalized spacial score (nSPS) is 10.6. The van der Waals surface area contributed by atoms with E-state index in [4.69, 9.17) is 4.42 Å². The average molecular weight is 316 g/mol. The summed E-state index contributed by atoms with van der Waals surface area (Å²) in [6, 6.07) is 1.79. The first-order valence-corrected chi connectivity index (χ1v) is 5.48. The molecule has 2 heterocycles. The van der Waals surface area contributed by atoms with E-state index >= 15 is 0 Å². The van der Waals surface area contributed by atoms with Crippen LogP contribution in [0.2, 0.25) is 0 Å². The minimum absolute atomic E-state index is 0.112. The third-order valence-electron chi connectivity index (χ3n) is 2.14. The molecule has 0 bridgehead atoms. The molecule has 4 nitrogen and oxygen atoms in total. The highest BCUT2D eigenvalue weighted by molar-refractivity contribution is 14.1. The van der Waals surface area contributed by atoms with Gasteiger partial charge in [0.25, 0.3) is 5.56 Å². The fourth-order valence-electron chi connectivity index (χ4n) is 1.33. The van der Waals surface area contributed by atoms with Gasteiger partial charge >= 0.3 is 0 Å². The summed E-state index contributed by atoms with van der Waals surface area (Å²) in [5.74, 6) is 1.31. The van der Waals surface area contributed by atoms with E-state index in [1.807, 2.05) is 36.4 Å². The molecule has 2 rings (SSSR count). The zero-order valence-electron chi connectivity index (χ0n) is 8.30. The largest absolute Gasteiger partial charge is 0.469 e. The Morgan fingerprint density at radius 1 is 1.47 bits per heavy atom. The van der Waals surface area contributed by atoms with Crippen LogP contribution >= 0.6 is 22.6 Å². The first kappa shape index (κ1) is 10.4. The molecule has 0 fully saturated rings. The molecule has 15 heavy (non-hydrogen) atoms. The fraction of sp³-hybridized carbons (Fsp3) is 0.200. The minimum Gasteiger partial charge on any atom is -0.469 e. The molecule has 2 aromatic rings. The summed E-state index contributed by atoms with van der Waals surface area (Å²) < 4.78 is 5.79. The van der Waals surface area contributed by atoms with Crippen LogP contribution in [0.15, 0.2) is 21.5 Å². The standard InChI is InChI=1S/C10H9IN2O2/c1-5-8(11)10(14)13-9(12-5)7-3-4-15-6(7)2/h3-4H,1-2H3,(H,12,13,14). The Kier molecular flexibility index (Phi) is 2.64. The molecular weight excluding hydrogens is 307 g/mol. The number of rotatable bonds is 1. The van der Waals surface area contributed by atoms with Crippen LogP contribution in [0.25, 0.3) is 11.4 Å². The number of furan rings is 1. The molecule has 0 saturated carbocycles. The Balaban J connectivity index is 2.66. The first-order valence-electron chi connectivity index (χ1n) is 4.40. The number of H-pyrrole nitrogens is 1. The number of halogens is 1. The highest BCUT2D eigenvalue weighted by Crippen LogP contribution is 2.20. The van der Waals surface area contributed by atoms with Crippen molar-refractivity contribution in [2.45, 2.75) is 13.8 Å². The molecule has 0 aliphatic carbocycles. The summed E-state index contributed by atoms with van der Waals surface area (Å²) in [5.41, 5.74) is 1.44. The summed E-state index contributed by atoms with van der Waals surface area (Å²) in [5, 5.41) is 0. The van der Waals surface area contributed by atoms with E-state index in [1.165, 1.54) is 0 Å². The molecule has 0 aliphatic heterocycles. The van der Waals surface area contributed by atoms with Gasteiger partial charge < -0.3 is 9.40 Å². The van der Waals surface area contributed by atoms with Crippen LogP contribution in [0, 0.1) is 17.4 Å². The summed E-state index contributed by atoms with van der Waals surface area (Å²) in [4.78, 5) is 18.6. The van der Waals surface area contributed by atoms with Crippen molar-refractivity contribution in [1.82, 2.24) is 9.97 Å². The van der Waals surface area contributed by atoms with E-state index in [0.717, 1.165) is 17.0 Å². The van der Waals surface area contributed by atoms with Crippen molar-refractivity contribution < 1.29 is 4.42 Å². The maximum absolute atomic E-state index is 11.5. The monoisotopic (exact) mass is 316 g/mol. The number of nitrogens with one attached hydrogen (secondary N) is 1. The van der Waals surface area contributed by atoms with Crippen molar-refractivity contribution in [2.24, 2.45) is 0 Å². The fourth-order valence-corrected chi connectivity index (χ4v) is 1.59. The third-order valence-corrected chi connectivity index (χ3v) is 3.41. The lowest BCUT2D eigenvalue weighted by molar-refractivity contribution is 0.535. The van der Waals surface area contributed by atoms with Crippen molar-refractivity contribution in [3.8, 4) is 11.4 Å². The second-order valence-corrected chi connectivity index (χ2v) is 4.28. The minimum atomic E-state index is -0.112. The van der Waals surface area contributed by atoms with E-state index in [9.17, 15) is 4.79 Å². The Labute approximate surface area is 99.9 Å². The zero-order valence-corrected chi connectivity index (χ0v) is 10.5. The topological polar surface area (TPSA) is 58.9 Å². The Hall–Kier alpha value is -1.11. The average Bonchev–Trinajstić information content (AvgIpc) is 2.60. The van der Waals surface area contributed by atoms with Gasteiger partial charge in [-0.3, -0.25) is 4.79 Å². The summed E-state index contributed by atoms with van der Waals surface area (Å²) >= 11 is 1.98. The number of aryl methyl sites for hydroxylation is 2. The lowest BCUT2D eigenvalue weighted by atomic mass is 10.2. The lowest BCUT2D eigenvalue weighted by Gasteiger charge is -2.01. The van der Waals surface area contributed by atoms with E-state index in [1.54, 1.807) is 12.3 Å². The van der Waals surface area contributed by atoms with Gasteiger partial charge in [0.15, 0.2) is 0 Å². The van der Waals surface area contributed by atoms with Crippen LogP contribution in [-0.2, 0) is 0 Å². The van der Waals surface area contributed by atoms with Gasteiger partial charge in [-0.05, 0) is 42.5 Å². The highest BCUT2D eigenvalue weighted by Gasteiger charge is 2.10. The molecule has 78 valence electrons. The van der Waals surface area contributed by atoms with Gasteiger partial charge in [-0.2, -0.15) is 0 Å².